The predicted molar refractivity (Wildman–Crippen MR) is 117 cm³/mol. The maximum absolute atomic E-state index is 12.2. The van der Waals surface area contributed by atoms with Crippen LogP contribution in [0.1, 0.15) is 31.2 Å². The van der Waals surface area contributed by atoms with Gasteiger partial charge in [0.25, 0.3) is 0 Å². The van der Waals surface area contributed by atoms with E-state index in [4.69, 9.17) is 0 Å². The second-order valence-electron chi connectivity index (χ2n) is 8.26. The van der Waals surface area contributed by atoms with Crippen LogP contribution in [0.5, 0.6) is 0 Å². The summed E-state index contributed by atoms with van der Waals surface area (Å²) < 4.78 is 5.61. The standard InChI is InChI=1S/C23H31N5O/c1-25-21-10-9-20(15-22(21)26(2)23(25)29)17-28(16-19-7-4-3-5-8-19)13-6-12-27-14-11-24-18-27/h3-4,9-11,14-15,18-19H,5-8,12-13,16-17H2,1-2H3/t19-/m0/s1. The van der Waals surface area contributed by atoms with Crippen LogP contribution in [0.3, 0.4) is 0 Å². The summed E-state index contributed by atoms with van der Waals surface area (Å²) in [5.41, 5.74) is 3.30. The maximum atomic E-state index is 12.2. The molecule has 4 rings (SSSR count). The molecular weight excluding hydrogens is 362 g/mol. The van der Waals surface area contributed by atoms with Gasteiger partial charge in [0.15, 0.2) is 0 Å². The van der Waals surface area contributed by atoms with Gasteiger partial charge in [0.2, 0.25) is 0 Å². The van der Waals surface area contributed by atoms with Gasteiger partial charge in [0.1, 0.15) is 0 Å². The van der Waals surface area contributed by atoms with Crippen molar-refractivity contribution in [3.8, 4) is 0 Å². The van der Waals surface area contributed by atoms with E-state index in [0.29, 0.717) is 0 Å². The molecule has 0 bridgehead atoms. The number of allylic oxidation sites excluding steroid dienone is 2. The first-order valence-corrected chi connectivity index (χ1v) is 10.6. The zero-order chi connectivity index (χ0) is 20.2. The minimum Gasteiger partial charge on any atom is -0.337 e. The van der Waals surface area contributed by atoms with Crippen molar-refractivity contribution in [1.82, 2.24) is 23.6 Å². The topological polar surface area (TPSA) is 48.0 Å². The van der Waals surface area contributed by atoms with E-state index < -0.39 is 0 Å². The molecule has 0 spiro atoms. The molecule has 1 aromatic carbocycles. The highest BCUT2D eigenvalue weighted by Gasteiger charge is 2.16. The Labute approximate surface area is 172 Å². The second-order valence-corrected chi connectivity index (χ2v) is 8.26. The van der Waals surface area contributed by atoms with Crippen molar-refractivity contribution in [2.24, 2.45) is 20.0 Å². The Hall–Kier alpha value is -2.60. The lowest BCUT2D eigenvalue weighted by Crippen LogP contribution is -2.31. The van der Waals surface area contributed by atoms with Crippen molar-refractivity contribution < 1.29 is 0 Å². The van der Waals surface area contributed by atoms with E-state index in [0.717, 1.165) is 49.6 Å². The molecule has 0 radical (unpaired) electrons. The highest BCUT2D eigenvalue weighted by Crippen LogP contribution is 2.21. The van der Waals surface area contributed by atoms with E-state index in [-0.39, 0.29) is 5.69 Å². The van der Waals surface area contributed by atoms with Gasteiger partial charge in [-0.1, -0.05) is 18.2 Å². The Morgan fingerprint density at radius 2 is 2.03 bits per heavy atom. The van der Waals surface area contributed by atoms with Gasteiger partial charge in [-0.2, -0.15) is 0 Å². The number of imidazole rings is 2. The van der Waals surface area contributed by atoms with Gasteiger partial charge < -0.3 is 4.57 Å². The summed E-state index contributed by atoms with van der Waals surface area (Å²) >= 11 is 0. The van der Waals surface area contributed by atoms with Gasteiger partial charge in [-0.3, -0.25) is 14.0 Å². The van der Waals surface area contributed by atoms with Gasteiger partial charge in [0.05, 0.1) is 17.4 Å². The molecule has 0 amide bonds. The predicted octanol–water partition coefficient (Wildman–Crippen LogP) is 3.32. The number of benzene rings is 1. The zero-order valence-electron chi connectivity index (χ0n) is 17.5. The number of fused-ring (bicyclic) bond motifs is 1. The van der Waals surface area contributed by atoms with Crippen molar-refractivity contribution in [2.45, 2.75) is 38.8 Å². The molecule has 29 heavy (non-hydrogen) atoms. The Morgan fingerprint density at radius 3 is 2.79 bits per heavy atom. The third-order valence-electron chi connectivity index (χ3n) is 6.09. The van der Waals surface area contributed by atoms with E-state index in [9.17, 15) is 4.79 Å². The summed E-state index contributed by atoms with van der Waals surface area (Å²) in [5.74, 6) is 0.734. The molecule has 2 heterocycles. The largest absolute Gasteiger partial charge is 0.337 e. The first-order chi connectivity index (χ1) is 14.1. The maximum Gasteiger partial charge on any atom is 0.328 e. The summed E-state index contributed by atoms with van der Waals surface area (Å²) in [6.45, 7) is 4.10. The Morgan fingerprint density at radius 1 is 1.17 bits per heavy atom. The molecule has 1 aliphatic rings. The number of aromatic nitrogens is 4. The van der Waals surface area contributed by atoms with Gasteiger partial charge in [-0.05, 0) is 49.3 Å². The molecule has 6 heteroatoms. The number of nitrogens with zero attached hydrogens (tertiary/aromatic N) is 5. The lowest BCUT2D eigenvalue weighted by molar-refractivity contribution is 0.209. The van der Waals surface area contributed by atoms with E-state index in [1.807, 2.05) is 32.8 Å². The molecule has 0 N–H and O–H groups in total. The monoisotopic (exact) mass is 393 g/mol. The molecule has 0 saturated carbocycles. The third-order valence-corrected chi connectivity index (χ3v) is 6.09. The first-order valence-electron chi connectivity index (χ1n) is 10.6. The number of aryl methyl sites for hydroxylation is 3. The van der Waals surface area contributed by atoms with Crippen molar-refractivity contribution in [1.29, 1.82) is 0 Å². The first kappa shape index (κ1) is 19.7. The summed E-state index contributed by atoms with van der Waals surface area (Å²) in [4.78, 5) is 19.0. The molecule has 1 aliphatic carbocycles. The number of hydrogen-bond donors (Lipinski definition) is 0. The van der Waals surface area contributed by atoms with Crippen LogP contribution in [-0.4, -0.2) is 36.7 Å². The lowest BCUT2D eigenvalue weighted by atomic mass is 9.93. The van der Waals surface area contributed by atoms with E-state index in [1.54, 1.807) is 9.13 Å². The molecule has 2 aromatic heterocycles. The van der Waals surface area contributed by atoms with E-state index in [2.05, 4.69) is 44.8 Å². The smallest absolute Gasteiger partial charge is 0.328 e. The molecule has 0 unspecified atom stereocenters. The highest BCUT2D eigenvalue weighted by molar-refractivity contribution is 5.76. The van der Waals surface area contributed by atoms with Gasteiger partial charge >= 0.3 is 5.69 Å². The van der Waals surface area contributed by atoms with Crippen LogP contribution in [0.15, 0.2) is 53.9 Å². The highest BCUT2D eigenvalue weighted by atomic mass is 16.1. The fraction of sp³-hybridized carbons (Fsp3) is 0.478. The number of rotatable bonds is 8. The Kier molecular flexibility index (Phi) is 6.00. The molecule has 6 nitrogen and oxygen atoms in total. The summed E-state index contributed by atoms with van der Waals surface area (Å²) in [7, 11) is 3.69. The average Bonchev–Trinajstić information content (AvgIpc) is 3.32. The molecule has 0 fully saturated rings. The molecule has 154 valence electrons. The molecule has 3 aromatic rings. The lowest BCUT2D eigenvalue weighted by Gasteiger charge is -2.28. The third kappa shape index (κ3) is 4.53. The van der Waals surface area contributed by atoms with Crippen LogP contribution in [0.4, 0.5) is 0 Å². The van der Waals surface area contributed by atoms with Crippen LogP contribution in [-0.2, 0) is 27.2 Å². The van der Waals surface area contributed by atoms with Gasteiger partial charge in [0, 0.05) is 52.7 Å². The normalized spacial score (nSPS) is 16.9. The number of hydrogen-bond acceptors (Lipinski definition) is 3. The molecule has 1 atom stereocenters. The van der Waals surface area contributed by atoms with Crippen LogP contribution < -0.4 is 5.69 Å². The van der Waals surface area contributed by atoms with Crippen LogP contribution in [0.25, 0.3) is 11.0 Å². The van der Waals surface area contributed by atoms with Crippen molar-refractivity contribution >= 4 is 11.0 Å². The SMILES string of the molecule is Cn1c(=O)n(C)c2cc(CN(CCCn3ccnc3)C[C@H]3CC=CCC3)ccc21. The van der Waals surface area contributed by atoms with Crippen molar-refractivity contribution in [3.05, 3.63) is 65.1 Å². The van der Waals surface area contributed by atoms with Crippen LogP contribution in [0.2, 0.25) is 0 Å². The van der Waals surface area contributed by atoms with E-state index >= 15 is 0 Å². The molecular formula is C23H31N5O. The van der Waals surface area contributed by atoms with Gasteiger partial charge in [-0.25, -0.2) is 9.78 Å². The van der Waals surface area contributed by atoms with Crippen molar-refractivity contribution in [3.63, 3.8) is 0 Å². The second kappa shape index (κ2) is 8.82. The Bertz CT molecular complexity index is 1030. The van der Waals surface area contributed by atoms with Gasteiger partial charge in [-0.15, -0.1) is 0 Å². The minimum atomic E-state index is 0.0309. The minimum absolute atomic E-state index is 0.0309. The Balaban J connectivity index is 1.48. The van der Waals surface area contributed by atoms with E-state index in [1.165, 1.54) is 24.8 Å². The molecule has 0 aliphatic heterocycles. The van der Waals surface area contributed by atoms with Crippen molar-refractivity contribution in [2.75, 3.05) is 13.1 Å². The summed E-state index contributed by atoms with van der Waals surface area (Å²) in [6, 6.07) is 6.44. The fourth-order valence-corrected chi connectivity index (χ4v) is 4.43. The summed E-state index contributed by atoms with van der Waals surface area (Å²) in [6.07, 6.45) is 15.2. The quantitative estimate of drug-likeness (QED) is 0.552. The average molecular weight is 394 g/mol. The summed E-state index contributed by atoms with van der Waals surface area (Å²) in [5, 5.41) is 0. The van der Waals surface area contributed by atoms with Crippen LogP contribution >= 0.6 is 0 Å². The van der Waals surface area contributed by atoms with Crippen LogP contribution in [0, 0.1) is 5.92 Å². The fourth-order valence-electron chi connectivity index (χ4n) is 4.43. The molecule has 0 saturated heterocycles. The zero-order valence-corrected chi connectivity index (χ0v) is 17.5.